The molecule has 2 saturated carbocycles. The summed E-state index contributed by atoms with van der Waals surface area (Å²) in [5, 5.41) is 7.17. The van der Waals surface area contributed by atoms with Crippen molar-refractivity contribution in [2.75, 3.05) is 30.3 Å². The van der Waals surface area contributed by atoms with E-state index in [0.717, 1.165) is 42.0 Å². The summed E-state index contributed by atoms with van der Waals surface area (Å²) in [5.41, 5.74) is 3.24. The zero-order chi connectivity index (χ0) is 20.9. The molecule has 0 atom stereocenters. The molecule has 2 aliphatic carbocycles. The van der Waals surface area contributed by atoms with Gasteiger partial charge in [-0.2, -0.15) is 4.98 Å². The van der Waals surface area contributed by atoms with Gasteiger partial charge in [0.1, 0.15) is 5.82 Å². The maximum Gasteiger partial charge on any atom is 0.224 e. The first-order valence-corrected chi connectivity index (χ1v) is 12.4. The Balaban J connectivity index is 1.32. The topological polar surface area (TPSA) is 66.0 Å². The average Bonchev–Trinajstić information content (AvgIpc) is 3.49. The van der Waals surface area contributed by atoms with Crippen molar-refractivity contribution in [3.05, 3.63) is 30.1 Å². The van der Waals surface area contributed by atoms with Gasteiger partial charge in [-0.25, -0.2) is 4.98 Å². The average molecular weight is 421 g/mol. The second kappa shape index (κ2) is 9.94. The predicted molar refractivity (Wildman–Crippen MR) is 126 cm³/mol. The summed E-state index contributed by atoms with van der Waals surface area (Å²) in [6, 6.07) is 4.85. The zero-order valence-corrected chi connectivity index (χ0v) is 18.7. The van der Waals surface area contributed by atoms with Crippen LogP contribution >= 0.6 is 0 Å². The monoisotopic (exact) mass is 420 g/mol. The van der Waals surface area contributed by atoms with E-state index in [1.807, 2.05) is 12.4 Å². The van der Waals surface area contributed by atoms with Gasteiger partial charge in [-0.3, -0.25) is 9.88 Å². The van der Waals surface area contributed by atoms with E-state index in [1.165, 1.54) is 82.9 Å². The highest BCUT2D eigenvalue weighted by atomic mass is 15.2. The van der Waals surface area contributed by atoms with Crippen LogP contribution in [0.4, 0.5) is 11.8 Å². The van der Waals surface area contributed by atoms with Gasteiger partial charge in [-0.15, -0.1) is 0 Å². The van der Waals surface area contributed by atoms with Gasteiger partial charge in [0.2, 0.25) is 5.95 Å². The molecule has 2 aromatic rings. The SMILES string of the molecule is c1cc(-c2cnc(NCCC3CC3)nc2NC2CCCCC2)ncc1CN1CCCC1. The Hall–Kier alpha value is -2.21. The quantitative estimate of drug-likeness (QED) is 0.589. The van der Waals surface area contributed by atoms with Gasteiger partial charge >= 0.3 is 0 Å². The lowest BCUT2D eigenvalue weighted by Gasteiger charge is -2.24. The van der Waals surface area contributed by atoms with Gasteiger partial charge in [0.15, 0.2) is 0 Å². The molecule has 166 valence electrons. The standard InChI is InChI=1S/C25H36N6/c1-2-6-21(7-3-1)29-24-22(17-28-25(30-24)26-13-12-19-8-9-19)23-11-10-20(16-27-23)18-31-14-4-5-15-31/h10-11,16-17,19,21H,1-9,12-15,18H2,(H2,26,28,29,30). The molecule has 0 radical (unpaired) electrons. The van der Waals surface area contributed by atoms with Gasteiger partial charge in [0, 0.05) is 31.5 Å². The molecule has 1 aliphatic heterocycles. The van der Waals surface area contributed by atoms with Crippen molar-refractivity contribution in [3.63, 3.8) is 0 Å². The van der Waals surface area contributed by atoms with Crippen molar-refractivity contribution in [1.29, 1.82) is 0 Å². The molecule has 0 unspecified atom stereocenters. The number of rotatable bonds is 9. The van der Waals surface area contributed by atoms with Crippen molar-refractivity contribution < 1.29 is 0 Å². The second-order valence-corrected chi connectivity index (χ2v) is 9.63. The number of hydrogen-bond acceptors (Lipinski definition) is 6. The fraction of sp³-hybridized carbons (Fsp3) is 0.640. The number of hydrogen-bond donors (Lipinski definition) is 2. The van der Waals surface area contributed by atoms with Crippen LogP contribution < -0.4 is 10.6 Å². The minimum Gasteiger partial charge on any atom is -0.367 e. The molecule has 0 bridgehead atoms. The molecule has 1 saturated heterocycles. The van der Waals surface area contributed by atoms with Gasteiger partial charge in [-0.05, 0) is 62.7 Å². The molecule has 3 aliphatic rings. The summed E-state index contributed by atoms with van der Waals surface area (Å²) in [7, 11) is 0. The van der Waals surface area contributed by atoms with Crippen LogP contribution in [0.25, 0.3) is 11.3 Å². The minimum absolute atomic E-state index is 0.496. The Kier molecular flexibility index (Phi) is 6.63. The highest BCUT2D eigenvalue weighted by Crippen LogP contribution is 2.32. The summed E-state index contributed by atoms with van der Waals surface area (Å²) in [6.45, 7) is 4.37. The first-order chi connectivity index (χ1) is 15.3. The van der Waals surface area contributed by atoms with Gasteiger partial charge in [0.05, 0.1) is 11.3 Å². The predicted octanol–water partition coefficient (Wildman–Crippen LogP) is 5.09. The minimum atomic E-state index is 0.496. The number of likely N-dealkylation sites (tertiary alicyclic amines) is 1. The van der Waals surface area contributed by atoms with Crippen molar-refractivity contribution in [1.82, 2.24) is 19.9 Å². The van der Waals surface area contributed by atoms with Crippen LogP contribution in [0.5, 0.6) is 0 Å². The van der Waals surface area contributed by atoms with Crippen molar-refractivity contribution in [2.45, 2.75) is 76.8 Å². The Morgan fingerprint density at radius 1 is 0.903 bits per heavy atom. The summed E-state index contributed by atoms with van der Waals surface area (Å²) >= 11 is 0. The van der Waals surface area contributed by atoms with E-state index >= 15 is 0 Å². The molecule has 3 heterocycles. The lowest BCUT2D eigenvalue weighted by Crippen LogP contribution is -2.23. The van der Waals surface area contributed by atoms with Crippen LogP contribution in [0, 0.1) is 5.92 Å². The molecule has 31 heavy (non-hydrogen) atoms. The number of nitrogens with one attached hydrogen (secondary N) is 2. The van der Waals surface area contributed by atoms with E-state index < -0.39 is 0 Å². The van der Waals surface area contributed by atoms with E-state index in [4.69, 9.17) is 9.97 Å². The fourth-order valence-corrected chi connectivity index (χ4v) is 4.88. The molecule has 0 aromatic carbocycles. The van der Waals surface area contributed by atoms with Crippen LogP contribution in [0.2, 0.25) is 0 Å². The van der Waals surface area contributed by atoms with E-state index in [2.05, 4.69) is 32.7 Å². The smallest absolute Gasteiger partial charge is 0.224 e. The Morgan fingerprint density at radius 2 is 1.74 bits per heavy atom. The molecule has 6 heteroatoms. The third kappa shape index (κ3) is 5.73. The lowest BCUT2D eigenvalue weighted by molar-refractivity contribution is 0.331. The van der Waals surface area contributed by atoms with Gasteiger partial charge in [0.25, 0.3) is 0 Å². The van der Waals surface area contributed by atoms with Crippen LogP contribution in [0.15, 0.2) is 24.5 Å². The molecule has 3 fully saturated rings. The Morgan fingerprint density at radius 3 is 2.48 bits per heavy atom. The normalized spacial score (nSPS) is 20.1. The van der Waals surface area contributed by atoms with E-state index in [9.17, 15) is 0 Å². The Bertz CT molecular complexity index is 836. The number of aromatic nitrogens is 3. The molecule has 2 aromatic heterocycles. The first-order valence-electron chi connectivity index (χ1n) is 12.4. The molecule has 2 N–H and O–H groups in total. The van der Waals surface area contributed by atoms with Gasteiger partial charge in [-0.1, -0.05) is 38.2 Å². The highest BCUT2D eigenvalue weighted by molar-refractivity contribution is 5.72. The fourth-order valence-electron chi connectivity index (χ4n) is 4.88. The molecular weight excluding hydrogens is 384 g/mol. The van der Waals surface area contributed by atoms with E-state index in [1.54, 1.807) is 0 Å². The summed E-state index contributed by atoms with van der Waals surface area (Å²) < 4.78 is 0. The summed E-state index contributed by atoms with van der Waals surface area (Å²) in [4.78, 5) is 16.8. The summed E-state index contributed by atoms with van der Waals surface area (Å²) in [6.07, 6.45) is 17.0. The summed E-state index contributed by atoms with van der Waals surface area (Å²) in [5.74, 6) is 2.57. The van der Waals surface area contributed by atoms with Crippen molar-refractivity contribution in [2.24, 2.45) is 5.92 Å². The first kappa shape index (κ1) is 20.7. The molecule has 0 spiro atoms. The van der Waals surface area contributed by atoms with Crippen LogP contribution in [0.1, 0.15) is 69.8 Å². The largest absolute Gasteiger partial charge is 0.367 e. The van der Waals surface area contributed by atoms with Crippen LogP contribution in [0.3, 0.4) is 0 Å². The highest BCUT2D eigenvalue weighted by Gasteiger charge is 2.21. The maximum absolute atomic E-state index is 4.88. The molecule has 0 amide bonds. The second-order valence-electron chi connectivity index (χ2n) is 9.63. The van der Waals surface area contributed by atoms with E-state index in [-0.39, 0.29) is 0 Å². The third-order valence-corrected chi connectivity index (χ3v) is 6.97. The van der Waals surface area contributed by atoms with Crippen LogP contribution in [-0.2, 0) is 6.54 Å². The third-order valence-electron chi connectivity index (χ3n) is 6.97. The molecule has 6 nitrogen and oxygen atoms in total. The Labute approximate surface area is 186 Å². The number of pyridine rings is 1. The number of anilines is 2. The zero-order valence-electron chi connectivity index (χ0n) is 18.7. The molecule has 5 rings (SSSR count). The molecular formula is C25H36N6. The van der Waals surface area contributed by atoms with Crippen molar-refractivity contribution >= 4 is 11.8 Å². The maximum atomic E-state index is 4.88. The van der Waals surface area contributed by atoms with Gasteiger partial charge < -0.3 is 10.6 Å². The number of nitrogens with zero attached hydrogens (tertiary/aromatic N) is 4. The van der Waals surface area contributed by atoms with Crippen molar-refractivity contribution in [3.8, 4) is 11.3 Å². The lowest BCUT2D eigenvalue weighted by atomic mass is 9.95. The van der Waals surface area contributed by atoms with E-state index in [0.29, 0.717) is 6.04 Å². The van der Waals surface area contributed by atoms with Crippen LogP contribution in [-0.4, -0.2) is 45.5 Å².